The van der Waals surface area contributed by atoms with Gasteiger partial charge in [-0.2, -0.15) is 0 Å². The number of carbonyl (C=O) groups is 1. The minimum atomic E-state index is -1.33. The predicted octanol–water partition coefficient (Wildman–Crippen LogP) is 5.28. The lowest BCUT2D eigenvalue weighted by atomic mass is 9.93. The second kappa shape index (κ2) is 10.1. The molecule has 2 fully saturated rings. The number of halogens is 1. The van der Waals surface area contributed by atoms with Crippen LogP contribution in [-0.4, -0.2) is 43.1 Å². The number of carboxylic acids is 1. The van der Waals surface area contributed by atoms with E-state index >= 15 is 4.39 Å². The number of rotatable bonds is 8. The van der Waals surface area contributed by atoms with E-state index in [1.165, 1.54) is 7.11 Å². The number of hydrogen-bond acceptors (Lipinski definition) is 5. The molecule has 0 amide bonds. The molecule has 1 N–H and O–H groups in total. The molecular weight excluding hydrogens is 427 g/mol. The van der Waals surface area contributed by atoms with Crippen LogP contribution in [0, 0.1) is 12.7 Å². The number of aryl methyl sites for hydroxylation is 1. The third-order valence-electron chi connectivity index (χ3n) is 6.55. The van der Waals surface area contributed by atoms with Crippen LogP contribution >= 0.6 is 0 Å². The van der Waals surface area contributed by atoms with Crippen molar-refractivity contribution in [3.63, 3.8) is 0 Å². The Labute approximate surface area is 193 Å². The molecule has 1 saturated heterocycles. The van der Waals surface area contributed by atoms with Crippen LogP contribution < -0.4 is 9.47 Å². The minimum Gasteiger partial charge on any atom is -0.494 e. The maximum Gasteiger partial charge on any atom is 0.348 e. The van der Waals surface area contributed by atoms with Gasteiger partial charge >= 0.3 is 5.97 Å². The topological polar surface area (TPSA) is 74.2 Å². The fourth-order valence-electron chi connectivity index (χ4n) is 4.64. The molecule has 1 heterocycles. The van der Waals surface area contributed by atoms with Crippen LogP contribution in [0.15, 0.2) is 30.3 Å². The molecule has 2 aliphatic rings. The summed E-state index contributed by atoms with van der Waals surface area (Å²) >= 11 is 0. The van der Waals surface area contributed by atoms with Gasteiger partial charge in [0.2, 0.25) is 5.60 Å². The van der Waals surface area contributed by atoms with E-state index in [0.29, 0.717) is 30.1 Å². The van der Waals surface area contributed by atoms with Gasteiger partial charge in [-0.1, -0.05) is 18.9 Å². The lowest BCUT2D eigenvalue weighted by Gasteiger charge is -2.33. The Kier molecular flexibility index (Phi) is 7.20. The van der Waals surface area contributed by atoms with Gasteiger partial charge in [-0.15, -0.1) is 0 Å². The van der Waals surface area contributed by atoms with Crippen LogP contribution in [0.2, 0.25) is 0 Å². The second-order valence-electron chi connectivity index (χ2n) is 8.88. The van der Waals surface area contributed by atoms with Gasteiger partial charge in [0, 0.05) is 18.4 Å². The van der Waals surface area contributed by atoms with E-state index in [2.05, 4.69) is 0 Å². The first-order valence-electron chi connectivity index (χ1n) is 11.5. The number of aliphatic carboxylic acids is 1. The average molecular weight is 459 g/mol. The summed E-state index contributed by atoms with van der Waals surface area (Å²) in [4.78, 5) is 12.0. The van der Waals surface area contributed by atoms with Crippen molar-refractivity contribution in [1.82, 2.24) is 0 Å². The van der Waals surface area contributed by atoms with E-state index in [0.717, 1.165) is 36.8 Å². The van der Waals surface area contributed by atoms with Crippen molar-refractivity contribution in [2.75, 3.05) is 20.3 Å². The van der Waals surface area contributed by atoms with Gasteiger partial charge in [-0.05, 0) is 60.7 Å². The molecule has 178 valence electrons. The van der Waals surface area contributed by atoms with Crippen molar-refractivity contribution in [3.05, 3.63) is 47.3 Å². The molecule has 7 heteroatoms. The summed E-state index contributed by atoms with van der Waals surface area (Å²) in [6.07, 6.45) is 5.03. The maximum atomic E-state index is 15.2. The van der Waals surface area contributed by atoms with Gasteiger partial charge in [0.25, 0.3) is 0 Å². The van der Waals surface area contributed by atoms with Crippen molar-refractivity contribution in [2.24, 2.45) is 0 Å². The van der Waals surface area contributed by atoms with Crippen molar-refractivity contribution >= 4 is 5.97 Å². The normalized spacial score (nSPS) is 18.3. The van der Waals surface area contributed by atoms with Crippen molar-refractivity contribution < 1.29 is 33.2 Å². The Balaban J connectivity index is 1.70. The monoisotopic (exact) mass is 458 g/mol. The molecule has 2 aromatic carbocycles. The van der Waals surface area contributed by atoms with Crippen LogP contribution in [0.1, 0.15) is 49.7 Å². The Morgan fingerprint density at radius 3 is 2.55 bits per heavy atom. The van der Waals surface area contributed by atoms with Crippen molar-refractivity contribution in [3.8, 4) is 22.6 Å². The van der Waals surface area contributed by atoms with Gasteiger partial charge < -0.3 is 24.1 Å². The molecular formula is C26H31FO6. The molecule has 4 rings (SSSR count). The smallest absolute Gasteiger partial charge is 0.348 e. The van der Waals surface area contributed by atoms with E-state index in [-0.39, 0.29) is 31.3 Å². The highest BCUT2D eigenvalue weighted by molar-refractivity contribution is 5.78. The summed E-state index contributed by atoms with van der Waals surface area (Å²) in [5.41, 5.74) is 1.39. The highest BCUT2D eigenvalue weighted by Crippen LogP contribution is 2.37. The zero-order valence-corrected chi connectivity index (χ0v) is 19.2. The molecule has 0 atom stereocenters. The number of benzene rings is 2. The maximum absolute atomic E-state index is 15.2. The summed E-state index contributed by atoms with van der Waals surface area (Å²) in [6.45, 7) is 2.84. The van der Waals surface area contributed by atoms with E-state index in [9.17, 15) is 9.90 Å². The van der Waals surface area contributed by atoms with Crippen LogP contribution in [-0.2, 0) is 20.9 Å². The first-order chi connectivity index (χ1) is 15.9. The van der Waals surface area contributed by atoms with Crippen LogP contribution in [0.3, 0.4) is 0 Å². The molecule has 0 spiro atoms. The quantitative estimate of drug-likeness (QED) is 0.580. The van der Waals surface area contributed by atoms with E-state index in [4.69, 9.17) is 18.9 Å². The van der Waals surface area contributed by atoms with Gasteiger partial charge in [-0.25, -0.2) is 9.18 Å². The Bertz CT molecular complexity index is 993. The first-order valence-corrected chi connectivity index (χ1v) is 11.5. The predicted molar refractivity (Wildman–Crippen MR) is 121 cm³/mol. The highest BCUT2D eigenvalue weighted by atomic mass is 19.1. The van der Waals surface area contributed by atoms with Gasteiger partial charge in [0.1, 0.15) is 5.75 Å². The van der Waals surface area contributed by atoms with Crippen molar-refractivity contribution in [2.45, 2.75) is 63.8 Å². The summed E-state index contributed by atoms with van der Waals surface area (Å²) in [5.74, 6) is -0.841. The number of ether oxygens (including phenoxy) is 4. The van der Waals surface area contributed by atoms with Crippen molar-refractivity contribution in [1.29, 1.82) is 0 Å². The third-order valence-corrected chi connectivity index (χ3v) is 6.55. The number of methoxy groups -OCH3 is 1. The molecule has 0 unspecified atom stereocenters. The molecule has 0 radical (unpaired) electrons. The summed E-state index contributed by atoms with van der Waals surface area (Å²) < 4.78 is 38.0. The van der Waals surface area contributed by atoms with Gasteiger partial charge in [0.15, 0.2) is 11.6 Å². The fraction of sp³-hybridized carbons (Fsp3) is 0.500. The first kappa shape index (κ1) is 23.5. The van der Waals surface area contributed by atoms with E-state index in [1.807, 2.05) is 6.92 Å². The zero-order valence-electron chi connectivity index (χ0n) is 19.2. The molecule has 1 aliphatic heterocycles. The molecule has 0 bridgehead atoms. The van der Waals surface area contributed by atoms with Crippen LogP contribution in [0.4, 0.5) is 4.39 Å². The number of carboxylic acid groups (broad SMARTS) is 1. The van der Waals surface area contributed by atoms with Crippen LogP contribution in [0.5, 0.6) is 11.5 Å². The van der Waals surface area contributed by atoms with Gasteiger partial charge in [0.05, 0.1) is 33.0 Å². The Hall–Kier alpha value is -2.64. The largest absolute Gasteiger partial charge is 0.494 e. The number of hydrogen-bond donors (Lipinski definition) is 1. The van der Waals surface area contributed by atoms with Crippen LogP contribution in [0.25, 0.3) is 11.1 Å². The molecule has 33 heavy (non-hydrogen) atoms. The molecule has 1 saturated carbocycles. The lowest BCUT2D eigenvalue weighted by Crippen LogP contribution is -2.49. The second-order valence-corrected chi connectivity index (χ2v) is 8.88. The summed E-state index contributed by atoms with van der Waals surface area (Å²) in [7, 11) is 1.45. The minimum absolute atomic E-state index is 0.181. The fourth-order valence-corrected chi connectivity index (χ4v) is 4.64. The van der Waals surface area contributed by atoms with E-state index < -0.39 is 17.4 Å². The molecule has 2 aromatic rings. The molecule has 1 aliphatic carbocycles. The van der Waals surface area contributed by atoms with E-state index in [1.54, 1.807) is 30.3 Å². The Morgan fingerprint density at radius 1 is 1.15 bits per heavy atom. The Morgan fingerprint density at radius 2 is 1.88 bits per heavy atom. The standard InChI is InChI=1S/C26H31FO6/c1-17-13-22(24(27)23(14-17)30-2)21-8-7-20(15-18(21)16-32-19-5-3-4-6-19)33-26(25(28)29)9-11-31-12-10-26/h7-8,13-15,19H,3-6,9-12,16H2,1-2H3,(H,28,29). The summed E-state index contributed by atoms with van der Waals surface area (Å²) in [5, 5.41) is 9.85. The SMILES string of the molecule is COc1cc(C)cc(-c2ccc(OC3(C(=O)O)CCOCC3)cc2COC2CCCC2)c1F. The molecule has 6 nitrogen and oxygen atoms in total. The lowest BCUT2D eigenvalue weighted by molar-refractivity contribution is -0.163. The summed E-state index contributed by atoms with van der Waals surface area (Å²) in [6, 6.07) is 8.69. The average Bonchev–Trinajstić information content (AvgIpc) is 3.33. The van der Waals surface area contributed by atoms with Gasteiger partial charge in [-0.3, -0.25) is 0 Å². The zero-order chi connectivity index (χ0) is 23.4. The highest BCUT2D eigenvalue weighted by Gasteiger charge is 2.43. The molecule has 0 aromatic heterocycles. The third kappa shape index (κ3) is 5.14.